The van der Waals surface area contributed by atoms with Crippen molar-refractivity contribution >= 4 is 55.9 Å². The number of nitrogens with one attached hydrogen (secondary N) is 2. The van der Waals surface area contributed by atoms with Crippen LogP contribution in [-0.2, 0) is 14.8 Å². The average Bonchev–Trinajstić information content (AvgIpc) is 3.45. The molecule has 3 N–H and O–H groups in total. The Kier molecular flexibility index (Phi) is 8.08. The standard InChI is InChI=1S/C27H25N3O6S2/c1-3-22(27(32)33)36-23-14-13-18-9-4-5-10-19(18)21(23)16-28-29-26(31)20-11-6-8-17(2)25(20)30-38(34,35)24-12-7-15-37-24/h4-16,22,30H,3H2,1-2H3,(H,29,31)(H,32,33). The number of para-hydroxylation sites is 1. The maximum atomic E-state index is 13.1. The number of hydrogen-bond acceptors (Lipinski definition) is 7. The van der Waals surface area contributed by atoms with Gasteiger partial charge >= 0.3 is 5.97 Å². The number of hydrogen-bond donors (Lipinski definition) is 3. The van der Waals surface area contributed by atoms with E-state index in [0.717, 1.165) is 22.1 Å². The summed E-state index contributed by atoms with van der Waals surface area (Å²) in [5, 5.41) is 16.8. The molecule has 11 heteroatoms. The minimum Gasteiger partial charge on any atom is -0.479 e. The van der Waals surface area contributed by atoms with Crippen LogP contribution in [0.25, 0.3) is 10.8 Å². The maximum Gasteiger partial charge on any atom is 0.344 e. The molecule has 0 aliphatic heterocycles. The average molecular weight is 552 g/mol. The van der Waals surface area contributed by atoms with E-state index in [0.29, 0.717) is 16.9 Å². The highest BCUT2D eigenvalue weighted by atomic mass is 32.2. The van der Waals surface area contributed by atoms with Crippen LogP contribution in [0.15, 0.2) is 81.4 Å². The van der Waals surface area contributed by atoms with Crippen LogP contribution < -0.4 is 14.9 Å². The molecular formula is C27H25N3O6S2. The van der Waals surface area contributed by atoms with Crippen LogP contribution >= 0.6 is 11.3 Å². The Morgan fingerprint density at radius 2 is 1.87 bits per heavy atom. The molecule has 0 fully saturated rings. The molecule has 4 rings (SSSR count). The molecule has 0 saturated carbocycles. The van der Waals surface area contributed by atoms with Gasteiger partial charge in [0.1, 0.15) is 9.96 Å². The minimum atomic E-state index is -3.88. The van der Waals surface area contributed by atoms with E-state index in [2.05, 4.69) is 15.2 Å². The predicted molar refractivity (Wildman–Crippen MR) is 148 cm³/mol. The number of nitrogens with zero attached hydrogens (tertiary/aromatic N) is 1. The Labute approximate surface area is 223 Å². The minimum absolute atomic E-state index is 0.0913. The van der Waals surface area contributed by atoms with Crippen molar-refractivity contribution in [1.29, 1.82) is 0 Å². The molecule has 4 aromatic rings. The number of aryl methyl sites for hydroxylation is 1. The first-order valence-electron chi connectivity index (χ1n) is 11.6. The van der Waals surface area contributed by atoms with Gasteiger partial charge < -0.3 is 9.84 Å². The summed E-state index contributed by atoms with van der Waals surface area (Å²) in [6.07, 6.45) is 0.590. The summed E-state index contributed by atoms with van der Waals surface area (Å²) in [6, 6.07) is 18.8. The molecule has 0 radical (unpaired) electrons. The molecule has 0 aliphatic carbocycles. The van der Waals surface area contributed by atoms with Gasteiger partial charge in [0.15, 0.2) is 6.10 Å². The molecule has 38 heavy (non-hydrogen) atoms. The smallest absolute Gasteiger partial charge is 0.344 e. The van der Waals surface area contributed by atoms with E-state index in [1.807, 2.05) is 30.3 Å². The second-order valence-corrected chi connectivity index (χ2v) is 11.1. The fourth-order valence-electron chi connectivity index (χ4n) is 3.78. The lowest BCUT2D eigenvalue weighted by Gasteiger charge is -2.16. The SMILES string of the molecule is CCC(Oc1ccc2ccccc2c1C=NNC(=O)c1cccc(C)c1NS(=O)(=O)c1cccs1)C(=O)O. The molecule has 1 atom stereocenters. The van der Waals surface area contributed by atoms with Crippen LogP contribution in [0, 0.1) is 6.92 Å². The van der Waals surface area contributed by atoms with Crippen LogP contribution in [0.4, 0.5) is 5.69 Å². The van der Waals surface area contributed by atoms with Crippen molar-refractivity contribution in [2.24, 2.45) is 5.10 Å². The number of aliphatic carboxylic acids is 1. The van der Waals surface area contributed by atoms with Gasteiger partial charge in [-0.1, -0.05) is 55.5 Å². The first kappa shape index (κ1) is 26.8. The van der Waals surface area contributed by atoms with Crippen molar-refractivity contribution in [2.45, 2.75) is 30.6 Å². The third kappa shape index (κ3) is 5.84. The van der Waals surface area contributed by atoms with Crippen molar-refractivity contribution in [3.63, 3.8) is 0 Å². The van der Waals surface area contributed by atoms with Gasteiger partial charge in [-0.3, -0.25) is 9.52 Å². The summed E-state index contributed by atoms with van der Waals surface area (Å²) in [4.78, 5) is 24.6. The van der Waals surface area contributed by atoms with Gasteiger partial charge in [-0.05, 0) is 53.3 Å². The fourth-order valence-corrected chi connectivity index (χ4v) is 5.93. The molecular weight excluding hydrogens is 526 g/mol. The first-order chi connectivity index (χ1) is 18.2. The van der Waals surface area contributed by atoms with E-state index in [9.17, 15) is 23.1 Å². The van der Waals surface area contributed by atoms with Gasteiger partial charge in [0.2, 0.25) is 0 Å². The van der Waals surface area contributed by atoms with E-state index in [-0.39, 0.29) is 21.9 Å². The maximum absolute atomic E-state index is 13.1. The highest BCUT2D eigenvalue weighted by Gasteiger charge is 2.22. The summed E-state index contributed by atoms with van der Waals surface area (Å²) >= 11 is 1.07. The van der Waals surface area contributed by atoms with Crippen molar-refractivity contribution in [3.8, 4) is 5.75 Å². The van der Waals surface area contributed by atoms with Gasteiger partial charge in [0.05, 0.1) is 17.5 Å². The quantitative estimate of drug-likeness (QED) is 0.187. The highest BCUT2D eigenvalue weighted by Crippen LogP contribution is 2.29. The molecule has 196 valence electrons. The zero-order chi connectivity index (χ0) is 27.3. The van der Waals surface area contributed by atoms with Gasteiger partial charge in [-0.15, -0.1) is 11.3 Å². The zero-order valence-corrected chi connectivity index (χ0v) is 22.2. The first-order valence-corrected chi connectivity index (χ1v) is 14.0. The molecule has 3 aromatic carbocycles. The topological polar surface area (TPSA) is 134 Å². The summed E-state index contributed by atoms with van der Waals surface area (Å²) in [5.74, 6) is -1.42. The number of ether oxygens (including phenoxy) is 1. The Balaban J connectivity index is 1.63. The molecule has 0 bridgehead atoms. The number of carbonyl (C=O) groups is 2. The summed E-state index contributed by atoms with van der Waals surface area (Å²) in [6.45, 7) is 3.40. The third-order valence-electron chi connectivity index (χ3n) is 5.72. The number of anilines is 1. The molecule has 1 unspecified atom stereocenters. The van der Waals surface area contributed by atoms with Gasteiger partial charge in [0, 0.05) is 5.56 Å². The Hall–Kier alpha value is -4.22. The van der Waals surface area contributed by atoms with Crippen LogP contribution in [0.5, 0.6) is 5.75 Å². The summed E-state index contributed by atoms with van der Waals surface area (Å²) in [7, 11) is -3.88. The van der Waals surface area contributed by atoms with E-state index >= 15 is 0 Å². The van der Waals surface area contributed by atoms with Crippen molar-refractivity contribution in [1.82, 2.24) is 5.43 Å². The molecule has 0 spiro atoms. The number of benzene rings is 3. The van der Waals surface area contributed by atoms with E-state index in [4.69, 9.17) is 4.74 Å². The molecule has 0 saturated heterocycles. The Bertz CT molecular complexity index is 1620. The van der Waals surface area contributed by atoms with Gasteiger partial charge in [0.25, 0.3) is 15.9 Å². The predicted octanol–water partition coefficient (Wildman–Crippen LogP) is 5.02. The Morgan fingerprint density at radius 1 is 1.08 bits per heavy atom. The summed E-state index contributed by atoms with van der Waals surface area (Å²) in [5.41, 5.74) is 3.74. The lowest BCUT2D eigenvalue weighted by Crippen LogP contribution is -2.26. The largest absolute Gasteiger partial charge is 0.479 e. The van der Waals surface area contributed by atoms with E-state index in [1.54, 1.807) is 43.5 Å². The molecule has 1 amide bonds. The monoisotopic (exact) mass is 551 g/mol. The van der Waals surface area contributed by atoms with E-state index in [1.165, 1.54) is 18.3 Å². The van der Waals surface area contributed by atoms with Crippen LogP contribution in [0.1, 0.15) is 34.8 Å². The van der Waals surface area contributed by atoms with Gasteiger partial charge in [-0.2, -0.15) is 5.10 Å². The number of hydrazone groups is 1. The molecule has 1 heterocycles. The molecule has 0 aliphatic rings. The second-order valence-electron chi connectivity index (χ2n) is 8.29. The van der Waals surface area contributed by atoms with Crippen LogP contribution in [0.2, 0.25) is 0 Å². The summed E-state index contributed by atoms with van der Waals surface area (Å²) < 4.78 is 34.0. The lowest BCUT2D eigenvalue weighted by atomic mass is 10.0. The zero-order valence-electron chi connectivity index (χ0n) is 20.5. The number of carboxylic acid groups (broad SMARTS) is 1. The fraction of sp³-hybridized carbons (Fsp3) is 0.148. The van der Waals surface area contributed by atoms with Crippen LogP contribution in [0.3, 0.4) is 0 Å². The normalized spacial score (nSPS) is 12.4. The lowest BCUT2D eigenvalue weighted by molar-refractivity contribution is -0.145. The number of fused-ring (bicyclic) bond motifs is 1. The highest BCUT2D eigenvalue weighted by molar-refractivity contribution is 7.94. The number of carboxylic acids is 1. The van der Waals surface area contributed by atoms with Crippen molar-refractivity contribution in [3.05, 3.63) is 88.8 Å². The number of amides is 1. The second kappa shape index (κ2) is 11.4. The number of carbonyl (C=O) groups excluding carboxylic acids is 1. The number of thiophene rings is 1. The number of rotatable bonds is 10. The van der Waals surface area contributed by atoms with Crippen molar-refractivity contribution in [2.75, 3.05) is 4.72 Å². The Morgan fingerprint density at radius 3 is 2.58 bits per heavy atom. The molecule has 1 aromatic heterocycles. The number of sulfonamides is 1. The van der Waals surface area contributed by atoms with Crippen molar-refractivity contribution < 1.29 is 27.9 Å². The molecule has 9 nitrogen and oxygen atoms in total. The third-order valence-corrected chi connectivity index (χ3v) is 8.47. The van der Waals surface area contributed by atoms with Crippen LogP contribution in [-0.4, -0.2) is 37.7 Å². The van der Waals surface area contributed by atoms with Gasteiger partial charge in [-0.25, -0.2) is 18.6 Å². The van der Waals surface area contributed by atoms with E-state index < -0.39 is 28.0 Å².